The highest BCUT2D eigenvalue weighted by Gasteiger charge is 2.20. The van der Waals surface area contributed by atoms with E-state index in [1.165, 1.54) is 11.3 Å². The number of hydrogen-bond donors (Lipinski definition) is 0. The lowest BCUT2D eigenvalue weighted by Gasteiger charge is -1.99. The Labute approximate surface area is 74.4 Å². The molecule has 0 saturated carbocycles. The van der Waals surface area contributed by atoms with E-state index in [1.54, 1.807) is 6.20 Å². The third kappa shape index (κ3) is 1.40. The summed E-state index contributed by atoms with van der Waals surface area (Å²) in [7, 11) is 0. The average molecular weight is 183 g/mol. The van der Waals surface area contributed by atoms with Crippen LogP contribution in [0.1, 0.15) is 27.0 Å². The summed E-state index contributed by atoms with van der Waals surface area (Å²) in [6.45, 7) is 1.58. The molecule has 0 aromatic carbocycles. The van der Waals surface area contributed by atoms with Crippen LogP contribution in [0.15, 0.2) is 6.20 Å². The van der Waals surface area contributed by atoms with Gasteiger partial charge in [-0.3, -0.25) is 4.79 Å². The van der Waals surface area contributed by atoms with Crippen LogP contribution in [-0.2, 0) is 4.74 Å². The molecule has 1 aliphatic heterocycles. The summed E-state index contributed by atoms with van der Waals surface area (Å²) in [5.74, 6) is 0.420. The highest BCUT2D eigenvalue weighted by molar-refractivity contribution is 7.13. The Bertz CT molecular complexity index is 278. The SMILES string of the molecule is O=Cc1cnc(C2CCOC2)s1. The van der Waals surface area contributed by atoms with E-state index in [4.69, 9.17) is 4.74 Å². The summed E-state index contributed by atoms with van der Waals surface area (Å²) in [6.07, 6.45) is 3.51. The molecule has 12 heavy (non-hydrogen) atoms. The molecule has 0 aliphatic carbocycles. The van der Waals surface area contributed by atoms with E-state index in [0.29, 0.717) is 10.8 Å². The molecule has 1 aromatic heterocycles. The Morgan fingerprint density at radius 2 is 2.67 bits per heavy atom. The Kier molecular flexibility index (Phi) is 2.19. The minimum absolute atomic E-state index is 0.420. The standard InChI is InChI=1S/C8H9NO2S/c10-4-7-3-9-8(12-7)6-1-2-11-5-6/h3-4,6H,1-2,5H2. The summed E-state index contributed by atoms with van der Waals surface area (Å²) < 4.78 is 5.23. The molecule has 0 bridgehead atoms. The van der Waals surface area contributed by atoms with Crippen molar-refractivity contribution in [1.82, 2.24) is 4.98 Å². The molecule has 0 spiro atoms. The van der Waals surface area contributed by atoms with E-state index in [0.717, 1.165) is 30.9 Å². The quantitative estimate of drug-likeness (QED) is 0.651. The van der Waals surface area contributed by atoms with Crippen LogP contribution >= 0.6 is 11.3 Å². The van der Waals surface area contributed by atoms with Gasteiger partial charge in [-0.1, -0.05) is 0 Å². The van der Waals surface area contributed by atoms with Gasteiger partial charge in [0.2, 0.25) is 0 Å². The average Bonchev–Trinajstić information content (AvgIpc) is 2.75. The molecule has 0 amide bonds. The van der Waals surface area contributed by atoms with Crippen molar-refractivity contribution in [3.8, 4) is 0 Å². The number of nitrogens with zero attached hydrogens (tertiary/aromatic N) is 1. The van der Waals surface area contributed by atoms with Gasteiger partial charge < -0.3 is 4.74 Å². The van der Waals surface area contributed by atoms with Crippen LogP contribution < -0.4 is 0 Å². The van der Waals surface area contributed by atoms with Crippen molar-refractivity contribution in [1.29, 1.82) is 0 Å². The number of carbonyl (C=O) groups excluding carboxylic acids is 1. The van der Waals surface area contributed by atoms with Crippen molar-refractivity contribution in [2.75, 3.05) is 13.2 Å². The Hall–Kier alpha value is -0.740. The first kappa shape index (κ1) is 7.89. The van der Waals surface area contributed by atoms with Gasteiger partial charge in [0.15, 0.2) is 6.29 Å². The predicted octanol–water partition coefficient (Wildman–Crippen LogP) is 1.46. The molecule has 1 aromatic rings. The fourth-order valence-electron chi connectivity index (χ4n) is 1.27. The number of ether oxygens (including phenoxy) is 1. The molecular weight excluding hydrogens is 174 g/mol. The first-order chi connectivity index (χ1) is 5.90. The second-order valence-electron chi connectivity index (χ2n) is 2.78. The van der Waals surface area contributed by atoms with E-state index in [-0.39, 0.29) is 0 Å². The van der Waals surface area contributed by atoms with Gasteiger partial charge >= 0.3 is 0 Å². The number of rotatable bonds is 2. The Morgan fingerprint density at radius 3 is 3.25 bits per heavy atom. The van der Waals surface area contributed by atoms with Crippen LogP contribution in [-0.4, -0.2) is 24.5 Å². The summed E-state index contributed by atoms with van der Waals surface area (Å²) >= 11 is 1.47. The van der Waals surface area contributed by atoms with Crippen LogP contribution in [0.25, 0.3) is 0 Å². The minimum Gasteiger partial charge on any atom is -0.381 e. The number of carbonyl (C=O) groups is 1. The normalized spacial score (nSPS) is 22.8. The van der Waals surface area contributed by atoms with E-state index in [2.05, 4.69) is 4.98 Å². The van der Waals surface area contributed by atoms with E-state index < -0.39 is 0 Å². The maximum Gasteiger partial charge on any atom is 0.161 e. The summed E-state index contributed by atoms with van der Waals surface area (Å²) in [4.78, 5) is 15.3. The molecule has 1 unspecified atom stereocenters. The van der Waals surface area contributed by atoms with Crippen molar-refractivity contribution in [2.24, 2.45) is 0 Å². The molecule has 1 saturated heterocycles. The van der Waals surface area contributed by atoms with Gasteiger partial charge in [-0.05, 0) is 6.42 Å². The van der Waals surface area contributed by atoms with Crippen LogP contribution in [0.5, 0.6) is 0 Å². The first-order valence-electron chi connectivity index (χ1n) is 3.89. The maximum absolute atomic E-state index is 10.4. The summed E-state index contributed by atoms with van der Waals surface area (Å²) in [6, 6.07) is 0. The van der Waals surface area contributed by atoms with Crippen LogP contribution in [0.3, 0.4) is 0 Å². The molecule has 1 atom stereocenters. The van der Waals surface area contributed by atoms with E-state index in [1.807, 2.05) is 0 Å². The first-order valence-corrected chi connectivity index (χ1v) is 4.70. The van der Waals surface area contributed by atoms with Crippen LogP contribution in [0.4, 0.5) is 0 Å². The molecule has 64 valence electrons. The zero-order valence-corrected chi connectivity index (χ0v) is 7.34. The third-order valence-corrected chi connectivity index (χ3v) is 3.02. The monoisotopic (exact) mass is 183 g/mol. The minimum atomic E-state index is 0.420. The van der Waals surface area contributed by atoms with Gasteiger partial charge in [-0.25, -0.2) is 4.98 Å². The summed E-state index contributed by atoms with van der Waals surface area (Å²) in [5, 5.41) is 1.04. The molecular formula is C8H9NO2S. The molecule has 4 heteroatoms. The largest absolute Gasteiger partial charge is 0.381 e. The van der Waals surface area contributed by atoms with Crippen LogP contribution in [0, 0.1) is 0 Å². The van der Waals surface area contributed by atoms with E-state index in [9.17, 15) is 4.79 Å². The van der Waals surface area contributed by atoms with Crippen molar-refractivity contribution in [2.45, 2.75) is 12.3 Å². The van der Waals surface area contributed by atoms with Gasteiger partial charge in [0.1, 0.15) is 0 Å². The van der Waals surface area contributed by atoms with Gasteiger partial charge in [0.05, 0.1) is 16.5 Å². The fraction of sp³-hybridized carbons (Fsp3) is 0.500. The molecule has 0 radical (unpaired) electrons. The van der Waals surface area contributed by atoms with Gasteiger partial charge in [-0.2, -0.15) is 0 Å². The van der Waals surface area contributed by atoms with Crippen LogP contribution in [0.2, 0.25) is 0 Å². The zero-order valence-electron chi connectivity index (χ0n) is 6.53. The molecule has 1 fully saturated rings. The second kappa shape index (κ2) is 3.33. The molecule has 3 nitrogen and oxygen atoms in total. The number of hydrogen-bond acceptors (Lipinski definition) is 4. The Balaban J connectivity index is 2.16. The van der Waals surface area contributed by atoms with Crippen molar-refractivity contribution >= 4 is 17.6 Å². The van der Waals surface area contributed by atoms with E-state index >= 15 is 0 Å². The smallest absolute Gasteiger partial charge is 0.161 e. The molecule has 0 N–H and O–H groups in total. The maximum atomic E-state index is 10.4. The fourth-order valence-corrected chi connectivity index (χ4v) is 2.13. The zero-order chi connectivity index (χ0) is 8.39. The van der Waals surface area contributed by atoms with Crippen molar-refractivity contribution < 1.29 is 9.53 Å². The second-order valence-corrected chi connectivity index (χ2v) is 3.87. The number of aromatic nitrogens is 1. The number of aldehydes is 1. The predicted molar refractivity (Wildman–Crippen MR) is 45.7 cm³/mol. The highest BCUT2D eigenvalue weighted by Crippen LogP contribution is 2.27. The summed E-state index contributed by atoms with van der Waals surface area (Å²) in [5.41, 5.74) is 0. The number of thiazole rings is 1. The molecule has 2 rings (SSSR count). The highest BCUT2D eigenvalue weighted by atomic mass is 32.1. The Morgan fingerprint density at radius 1 is 1.75 bits per heavy atom. The van der Waals surface area contributed by atoms with Gasteiger partial charge in [-0.15, -0.1) is 11.3 Å². The lowest BCUT2D eigenvalue weighted by Crippen LogP contribution is -1.95. The third-order valence-electron chi connectivity index (χ3n) is 1.94. The van der Waals surface area contributed by atoms with Gasteiger partial charge in [0.25, 0.3) is 0 Å². The lowest BCUT2D eigenvalue weighted by molar-refractivity contribution is 0.112. The van der Waals surface area contributed by atoms with Crippen molar-refractivity contribution in [3.63, 3.8) is 0 Å². The van der Waals surface area contributed by atoms with Crippen molar-refractivity contribution in [3.05, 3.63) is 16.1 Å². The molecule has 2 heterocycles. The topological polar surface area (TPSA) is 39.2 Å². The van der Waals surface area contributed by atoms with Gasteiger partial charge in [0, 0.05) is 18.7 Å². The molecule has 1 aliphatic rings. The lowest BCUT2D eigenvalue weighted by atomic mass is 10.1.